The Morgan fingerprint density at radius 2 is 1.90 bits per heavy atom. The number of aryl methyl sites for hydroxylation is 1. The molecule has 0 bridgehead atoms. The molecule has 0 radical (unpaired) electrons. The number of pyridine rings is 3. The van der Waals surface area contributed by atoms with Gasteiger partial charge in [-0.05, 0) is 55.7 Å². The molecule has 1 fully saturated rings. The fourth-order valence-corrected chi connectivity index (χ4v) is 6.38. The summed E-state index contributed by atoms with van der Waals surface area (Å²) in [5, 5.41) is 16.0. The van der Waals surface area contributed by atoms with E-state index in [2.05, 4.69) is 30.6 Å². The van der Waals surface area contributed by atoms with Gasteiger partial charge < -0.3 is 20.6 Å². The molecule has 13 heteroatoms. The fraction of sp³-hybridized carbons (Fsp3) is 0.259. The first-order valence-corrected chi connectivity index (χ1v) is 14.1. The van der Waals surface area contributed by atoms with Gasteiger partial charge in [-0.25, -0.2) is 24.1 Å². The largest absolute Gasteiger partial charge is 0.465 e. The third-order valence-electron chi connectivity index (χ3n) is 6.70. The number of aromatic nitrogens is 4. The van der Waals surface area contributed by atoms with Gasteiger partial charge in [0.2, 0.25) is 0 Å². The molecule has 206 valence electrons. The molecule has 0 unspecified atom stereocenters. The zero-order valence-corrected chi connectivity index (χ0v) is 23.1. The summed E-state index contributed by atoms with van der Waals surface area (Å²) in [6, 6.07) is 10.8. The van der Waals surface area contributed by atoms with Crippen LogP contribution in [0.25, 0.3) is 0 Å². The number of likely N-dealkylation sites (tertiary alicyclic amines) is 1. The molecule has 4 aromatic rings. The maximum atomic E-state index is 15.5. The molecule has 5 rings (SSSR count). The van der Waals surface area contributed by atoms with Crippen LogP contribution in [0.15, 0.2) is 70.3 Å². The molecule has 0 aromatic carbocycles. The van der Waals surface area contributed by atoms with Crippen molar-refractivity contribution in [2.45, 2.75) is 34.3 Å². The molecule has 2 amide bonds. The van der Waals surface area contributed by atoms with Gasteiger partial charge in [-0.1, -0.05) is 29.2 Å². The summed E-state index contributed by atoms with van der Waals surface area (Å²) in [4.78, 5) is 43.2. The lowest BCUT2D eigenvalue weighted by molar-refractivity contribution is 0.0896. The highest BCUT2D eigenvalue weighted by molar-refractivity contribution is 8.01. The Balaban J connectivity index is 1.28. The Hall–Kier alpha value is -4.10. The van der Waals surface area contributed by atoms with Crippen LogP contribution in [0.3, 0.4) is 0 Å². The van der Waals surface area contributed by atoms with Crippen LogP contribution in [0, 0.1) is 12.7 Å². The second-order valence-electron chi connectivity index (χ2n) is 9.35. The van der Waals surface area contributed by atoms with E-state index in [1.165, 1.54) is 28.5 Å². The quantitative estimate of drug-likeness (QED) is 0.260. The van der Waals surface area contributed by atoms with Crippen LogP contribution in [0.5, 0.6) is 0 Å². The number of carbonyl (C=O) groups is 2. The average Bonchev–Trinajstić information content (AvgIpc) is 3.40. The number of hydrogen-bond acceptors (Lipinski definition) is 9. The summed E-state index contributed by atoms with van der Waals surface area (Å²) in [6.07, 6.45) is 6.38. The number of piperidine rings is 1. The molecule has 5 heterocycles. The molecular weight excluding hydrogens is 553 g/mol. The van der Waals surface area contributed by atoms with E-state index in [0.29, 0.717) is 36.9 Å². The van der Waals surface area contributed by atoms with Crippen LogP contribution in [0.1, 0.15) is 34.6 Å². The molecular formula is C27H26FN7O3S2. The third-order valence-corrected chi connectivity index (χ3v) is 8.75. The van der Waals surface area contributed by atoms with Crippen molar-refractivity contribution in [3.63, 3.8) is 0 Å². The lowest BCUT2D eigenvalue weighted by Crippen LogP contribution is -2.50. The van der Waals surface area contributed by atoms with E-state index in [0.717, 1.165) is 27.2 Å². The number of nitrogens with one attached hydrogen (secondary N) is 2. The number of carbonyl (C=O) groups excluding carboxylic acids is 1. The van der Waals surface area contributed by atoms with Crippen LogP contribution in [0.4, 0.5) is 20.1 Å². The summed E-state index contributed by atoms with van der Waals surface area (Å²) < 4.78 is 16.2. The normalized spacial score (nSPS) is 14.5. The predicted octanol–water partition coefficient (Wildman–Crippen LogP) is 5.11. The first kappa shape index (κ1) is 27.5. The second-order valence-corrected chi connectivity index (χ2v) is 11.7. The number of halogens is 1. The molecule has 1 aliphatic rings. The van der Waals surface area contributed by atoms with Gasteiger partial charge in [-0.3, -0.25) is 9.78 Å². The van der Waals surface area contributed by atoms with E-state index in [-0.39, 0.29) is 17.1 Å². The zero-order chi connectivity index (χ0) is 28.1. The molecule has 1 aliphatic heterocycles. The minimum Gasteiger partial charge on any atom is -0.465 e. The first-order chi connectivity index (χ1) is 19.3. The Bertz CT molecular complexity index is 1510. The van der Waals surface area contributed by atoms with Crippen LogP contribution < -0.4 is 10.6 Å². The monoisotopic (exact) mass is 579 g/mol. The van der Waals surface area contributed by atoms with Crippen LogP contribution in [-0.4, -0.2) is 61.6 Å². The number of carboxylic acid groups (broad SMARTS) is 1. The number of thiazole rings is 1. The SMILES string of the molecule is Cc1ccnc(Nc2ncc(Sc3ccnc(C(=O)NCC4(c5ccccn5)CCN(C(=O)O)CC4)c3F)s2)c1. The molecule has 40 heavy (non-hydrogen) atoms. The molecule has 10 nitrogen and oxygen atoms in total. The van der Waals surface area contributed by atoms with Crippen molar-refractivity contribution in [3.8, 4) is 0 Å². The second kappa shape index (κ2) is 12.0. The lowest BCUT2D eigenvalue weighted by Gasteiger charge is -2.40. The summed E-state index contributed by atoms with van der Waals surface area (Å²) in [5.41, 5.74) is 0.929. The maximum absolute atomic E-state index is 15.5. The van der Waals surface area contributed by atoms with E-state index in [1.807, 2.05) is 31.2 Å². The molecule has 0 saturated carbocycles. The minimum atomic E-state index is -0.977. The highest BCUT2D eigenvalue weighted by Gasteiger charge is 2.39. The molecule has 0 aliphatic carbocycles. The predicted molar refractivity (Wildman–Crippen MR) is 150 cm³/mol. The van der Waals surface area contributed by atoms with E-state index < -0.39 is 23.2 Å². The number of nitrogens with zero attached hydrogens (tertiary/aromatic N) is 5. The fourth-order valence-electron chi connectivity index (χ4n) is 4.51. The van der Waals surface area contributed by atoms with Crippen molar-refractivity contribution in [3.05, 3.63) is 84.0 Å². The van der Waals surface area contributed by atoms with E-state index in [4.69, 9.17) is 0 Å². The minimum absolute atomic E-state index is 0.172. The molecule has 1 saturated heterocycles. The van der Waals surface area contributed by atoms with Gasteiger partial charge in [-0.15, -0.1) is 0 Å². The number of rotatable bonds is 8. The number of anilines is 2. The summed E-state index contributed by atoms with van der Waals surface area (Å²) in [7, 11) is 0. The Morgan fingerprint density at radius 3 is 2.62 bits per heavy atom. The van der Waals surface area contributed by atoms with Crippen molar-refractivity contribution in [2.75, 3.05) is 25.0 Å². The van der Waals surface area contributed by atoms with Crippen molar-refractivity contribution in [1.29, 1.82) is 0 Å². The Morgan fingerprint density at radius 1 is 1.10 bits per heavy atom. The Kier molecular flexibility index (Phi) is 8.21. The van der Waals surface area contributed by atoms with Gasteiger partial charge in [0.05, 0.1) is 15.3 Å². The molecule has 0 spiro atoms. The van der Waals surface area contributed by atoms with Crippen LogP contribution in [-0.2, 0) is 5.41 Å². The summed E-state index contributed by atoms with van der Waals surface area (Å²) >= 11 is 2.50. The maximum Gasteiger partial charge on any atom is 0.407 e. The van der Waals surface area contributed by atoms with Gasteiger partial charge in [0.1, 0.15) is 5.82 Å². The topological polar surface area (TPSA) is 133 Å². The zero-order valence-electron chi connectivity index (χ0n) is 21.5. The van der Waals surface area contributed by atoms with Gasteiger partial charge >= 0.3 is 6.09 Å². The summed E-state index contributed by atoms with van der Waals surface area (Å²) in [5.74, 6) is -0.703. The lowest BCUT2D eigenvalue weighted by atomic mass is 9.75. The average molecular weight is 580 g/mol. The van der Waals surface area contributed by atoms with E-state index >= 15 is 4.39 Å². The molecule has 4 aromatic heterocycles. The third kappa shape index (κ3) is 6.20. The van der Waals surface area contributed by atoms with E-state index in [9.17, 15) is 14.7 Å². The number of hydrogen-bond donors (Lipinski definition) is 3. The van der Waals surface area contributed by atoms with Crippen LogP contribution in [0.2, 0.25) is 0 Å². The van der Waals surface area contributed by atoms with Crippen LogP contribution >= 0.6 is 23.1 Å². The van der Waals surface area contributed by atoms with Crippen molar-refractivity contribution >= 4 is 46.0 Å². The summed E-state index contributed by atoms with van der Waals surface area (Å²) in [6.45, 7) is 2.76. The highest BCUT2D eigenvalue weighted by Crippen LogP contribution is 2.37. The smallest absolute Gasteiger partial charge is 0.407 e. The van der Waals surface area contributed by atoms with Gasteiger partial charge in [0, 0.05) is 49.3 Å². The van der Waals surface area contributed by atoms with E-state index in [1.54, 1.807) is 24.7 Å². The van der Waals surface area contributed by atoms with Crippen molar-refractivity contribution < 1.29 is 19.1 Å². The molecule has 3 N–H and O–H groups in total. The van der Waals surface area contributed by atoms with Gasteiger partial charge in [-0.2, -0.15) is 0 Å². The highest BCUT2D eigenvalue weighted by atomic mass is 32.2. The van der Waals surface area contributed by atoms with Crippen molar-refractivity contribution in [1.82, 2.24) is 30.2 Å². The Labute approximate surface area is 238 Å². The van der Waals surface area contributed by atoms with Gasteiger partial charge in [0.15, 0.2) is 16.6 Å². The van der Waals surface area contributed by atoms with Crippen molar-refractivity contribution in [2.24, 2.45) is 0 Å². The van der Waals surface area contributed by atoms with Gasteiger partial charge in [0.25, 0.3) is 5.91 Å². The first-order valence-electron chi connectivity index (χ1n) is 12.5. The number of amides is 2. The standard InChI is InChI=1S/C27H26FN7O3S2/c1-17-5-10-30-20(14-17)34-25-32-15-21(40-25)39-18-6-11-31-23(22(18)28)24(36)33-16-27(19-4-2-3-9-29-19)7-12-35(13-8-27)26(37)38/h2-6,9-11,14-15H,7-8,12-13,16H2,1H3,(H,33,36)(H,37,38)(H,30,32,34). The molecule has 0 atom stereocenters.